The maximum absolute atomic E-state index is 11.7. The molecule has 0 amide bonds. The maximum Gasteiger partial charge on any atom is 0.302 e. The topological polar surface area (TPSA) is 46.5 Å². The molecule has 0 bridgehead atoms. The minimum absolute atomic E-state index is 0.0234. The van der Waals surface area contributed by atoms with Crippen molar-refractivity contribution in [1.29, 1.82) is 0 Å². The zero-order valence-corrected chi connectivity index (χ0v) is 18.3. The van der Waals surface area contributed by atoms with Gasteiger partial charge in [-0.2, -0.15) is 0 Å². The number of rotatable bonds is 1. The van der Waals surface area contributed by atoms with Crippen LogP contribution in [-0.2, 0) is 9.53 Å². The number of ether oxygens (including phenoxy) is 1. The number of aliphatic hydroxyl groups excluding tert-OH is 1. The highest BCUT2D eigenvalue weighted by Crippen LogP contribution is 2.73. The second kappa shape index (κ2) is 5.97. The first-order chi connectivity index (χ1) is 12.5. The molecule has 3 heteroatoms. The van der Waals surface area contributed by atoms with E-state index in [-0.39, 0.29) is 34.4 Å². The molecule has 0 aromatic carbocycles. The van der Waals surface area contributed by atoms with Crippen LogP contribution in [0.4, 0.5) is 0 Å². The summed E-state index contributed by atoms with van der Waals surface area (Å²) in [5.74, 6) is 1.97. The molecule has 4 rings (SSSR count). The van der Waals surface area contributed by atoms with E-state index in [1.54, 1.807) is 6.92 Å². The van der Waals surface area contributed by atoms with E-state index in [0.717, 1.165) is 24.7 Å². The summed E-state index contributed by atoms with van der Waals surface area (Å²) in [6.07, 6.45) is 9.23. The van der Waals surface area contributed by atoms with Crippen LogP contribution in [0, 0.1) is 39.4 Å². The van der Waals surface area contributed by atoms with E-state index in [2.05, 4.69) is 34.6 Å². The van der Waals surface area contributed by atoms with Gasteiger partial charge in [0.2, 0.25) is 0 Å². The molecule has 0 aromatic heterocycles. The van der Waals surface area contributed by atoms with Crippen molar-refractivity contribution >= 4 is 5.97 Å². The Kier molecular flexibility index (Phi) is 4.36. The molecule has 4 aliphatic rings. The van der Waals surface area contributed by atoms with Crippen LogP contribution in [0.15, 0.2) is 0 Å². The third-order valence-corrected chi connectivity index (χ3v) is 10.7. The Morgan fingerprint density at radius 3 is 2.19 bits per heavy atom. The van der Waals surface area contributed by atoms with E-state index >= 15 is 0 Å². The highest BCUT2D eigenvalue weighted by Gasteiger charge is 2.67. The molecule has 0 saturated heterocycles. The van der Waals surface area contributed by atoms with E-state index in [0.29, 0.717) is 11.3 Å². The fourth-order valence-corrected chi connectivity index (χ4v) is 8.83. The third kappa shape index (κ3) is 2.45. The third-order valence-electron chi connectivity index (χ3n) is 10.7. The SMILES string of the molecule is CC(=O)O[C@H]1CC[C@@]2(C)[C@@H]3CC[C@H]4C(C)(C)[C@@H](O)CC[C@]4(C)[C@H]3CC[C@]12C. The van der Waals surface area contributed by atoms with Crippen molar-refractivity contribution < 1.29 is 14.6 Å². The lowest BCUT2D eigenvalue weighted by atomic mass is 9.38. The van der Waals surface area contributed by atoms with Crippen LogP contribution in [0.3, 0.4) is 0 Å². The van der Waals surface area contributed by atoms with Crippen LogP contribution >= 0.6 is 0 Å². The molecule has 0 heterocycles. The monoisotopic (exact) mass is 376 g/mol. The van der Waals surface area contributed by atoms with Crippen molar-refractivity contribution in [2.45, 2.75) is 105 Å². The molecule has 0 aromatic rings. The van der Waals surface area contributed by atoms with Gasteiger partial charge in [0.15, 0.2) is 0 Å². The largest absolute Gasteiger partial charge is 0.462 e. The van der Waals surface area contributed by atoms with Crippen LogP contribution in [0.2, 0.25) is 0 Å². The van der Waals surface area contributed by atoms with Crippen LogP contribution in [0.25, 0.3) is 0 Å². The molecule has 0 aliphatic heterocycles. The fraction of sp³-hybridized carbons (Fsp3) is 0.958. The van der Waals surface area contributed by atoms with Gasteiger partial charge in [-0.05, 0) is 85.4 Å². The summed E-state index contributed by atoms with van der Waals surface area (Å²) < 4.78 is 5.84. The van der Waals surface area contributed by atoms with Gasteiger partial charge in [-0.1, -0.05) is 34.6 Å². The normalized spacial score (nSPS) is 53.8. The number of hydrogen-bond donors (Lipinski definition) is 1. The van der Waals surface area contributed by atoms with Gasteiger partial charge < -0.3 is 9.84 Å². The first-order valence-corrected chi connectivity index (χ1v) is 11.3. The summed E-state index contributed by atoms with van der Waals surface area (Å²) in [6, 6.07) is 0. The summed E-state index contributed by atoms with van der Waals surface area (Å²) in [4.78, 5) is 11.7. The Bertz CT molecular complexity index is 627. The molecular weight excluding hydrogens is 336 g/mol. The molecule has 4 fully saturated rings. The van der Waals surface area contributed by atoms with Gasteiger partial charge in [-0.3, -0.25) is 4.79 Å². The van der Waals surface area contributed by atoms with Gasteiger partial charge in [-0.15, -0.1) is 0 Å². The summed E-state index contributed by atoms with van der Waals surface area (Å²) >= 11 is 0. The lowest BCUT2D eigenvalue weighted by Gasteiger charge is -2.67. The van der Waals surface area contributed by atoms with Crippen molar-refractivity contribution in [2.75, 3.05) is 0 Å². The molecule has 8 atom stereocenters. The molecule has 0 spiro atoms. The van der Waals surface area contributed by atoms with Gasteiger partial charge in [0, 0.05) is 12.3 Å². The number of fused-ring (bicyclic) bond motifs is 5. The van der Waals surface area contributed by atoms with E-state index in [4.69, 9.17) is 4.74 Å². The van der Waals surface area contributed by atoms with Crippen molar-refractivity contribution in [2.24, 2.45) is 39.4 Å². The second-order valence-corrected chi connectivity index (χ2v) is 11.7. The Morgan fingerprint density at radius 1 is 0.852 bits per heavy atom. The minimum Gasteiger partial charge on any atom is -0.462 e. The van der Waals surface area contributed by atoms with E-state index in [9.17, 15) is 9.90 Å². The first-order valence-electron chi connectivity index (χ1n) is 11.3. The Labute approximate surface area is 165 Å². The maximum atomic E-state index is 11.7. The predicted octanol–water partition coefficient (Wildman–Crippen LogP) is 5.35. The van der Waals surface area contributed by atoms with Crippen LogP contribution in [-0.4, -0.2) is 23.3 Å². The molecular formula is C24H40O3. The van der Waals surface area contributed by atoms with E-state index < -0.39 is 0 Å². The van der Waals surface area contributed by atoms with Crippen LogP contribution in [0.5, 0.6) is 0 Å². The molecule has 1 N–H and O–H groups in total. The van der Waals surface area contributed by atoms with Crippen molar-refractivity contribution in [1.82, 2.24) is 0 Å². The second-order valence-electron chi connectivity index (χ2n) is 11.7. The van der Waals surface area contributed by atoms with Gasteiger partial charge in [0.05, 0.1) is 6.10 Å². The molecule has 0 radical (unpaired) electrons. The molecule has 3 nitrogen and oxygen atoms in total. The van der Waals surface area contributed by atoms with Gasteiger partial charge in [-0.25, -0.2) is 0 Å². The molecule has 27 heavy (non-hydrogen) atoms. The number of carbonyl (C=O) groups is 1. The zero-order valence-electron chi connectivity index (χ0n) is 18.3. The Balaban J connectivity index is 1.67. The minimum atomic E-state index is -0.156. The smallest absolute Gasteiger partial charge is 0.302 e. The average molecular weight is 377 g/mol. The number of hydrogen-bond acceptors (Lipinski definition) is 3. The summed E-state index contributed by atoms with van der Waals surface area (Å²) in [5, 5.41) is 10.7. The van der Waals surface area contributed by atoms with Crippen LogP contribution in [0.1, 0.15) is 92.9 Å². The number of aliphatic hydroxyl groups is 1. The van der Waals surface area contributed by atoms with Crippen molar-refractivity contribution in [3.63, 3.8) is 0 Å². The van der Waals surface area contributed by atoms with Gasteiger partial charge >= 0.3 is 5.97 Å². The lowest BCUT2D eigenvalue weighted by Crippen LogP contribution is -2.62. The predicted molar refractivity (Wildman–Crippen MR) is 107 cm³/mol. The first kappa shape index (κ1) is 19.7. The highest BCUT2D eigenvalue weighted by molar-refractivity contribution is 5.66. The van der Waals surface area contributed by atoms with E-state index in [1.807, 2.05) is 0 Å². The fourth-order valence-electron chi connectivity index (χ4n) is 8.83. The number of esters is 1. The number of carbonyl (C=O) groups excluding carboxylic acids is 1. The van der Waals surface area contributed by atoms with Gasteiger partial charge in [0.1, 0.15) is 6.10 Å². The van der Waals surface area contributed by atoms with E-state index in [1.165, 1.54) is 38.5 Å². The van der Waals surface area contributed by atoms with Crippen molar-refractivity contribution in [3.8, 4) is 0 Å². The molecule has 154 valence electrons. The quantitative estimate of drug-likeness (QED) is 0.628. The lowest BCUT2D eigenvalue weighted by molar-refractivity contribution is -0.206. The summed E-state index contributed by atoms with van der Waals surface area (Å²) in [5.41, 5.74) is 0.752. The molecule has 4 saturated carbocycles. The van der Waals surface area contributed by atoms with Crippen molar-refractivity contribution in [3.05, 3.63) is 0 Å². The molecule has 4 aliphatic carbocycles. The standard InChI is InChI=1S/C24H40O3/c1-15(25)27-20-11-14-23(5)17-7-8-18-21(2,3)19(26)10-12-22(18,4)16(17)9-13-24(20,23)6/h16-20,26H,7-14H2,1-6H3/t16-,17+,18-,19-,20-,22+,23-,24+/m0/s1. The summed E-state index contributed by atoms with van der Waals surface area (Å²) in [6.45, 7) is 13.6. The molecule has 0 unspecified atom stereocenters. The zero-order chi connectivity index (χ0) is 19.8. The van der Waals surface area contributed by atoms with Gasteiger partial charge in [0.25, 0.3) is 0 Å². The Morgan fingerprint density at radius 2 is 1.52 bits per heavy atom. The highest BCUT2D eigenvalue weighted by atomic mass is 16.5. The summed E-state index contributed by atoms with van der Waals surface area (Å²) in [7, 11) is 0. The Hall–Kier alpha value is -0.570. The average Bonchev–Trinajstić information content (AvgIpc) is 2.83. The van der Waals surface area contributed by atoms with Crippen LogP contribution < -0.4 is 0 Å².